The molecule has 0 radical (unpaired) electrons. The summed E-state index contributed by atoms with van der Waals surface area (Å²) in [6.45, 7) is 3.66. The van der Waals surface area contributed by atoms with E-state index in [1.807, 2.05) is 6.07 Å². The third kappa shape index (κ3) is 1.41. The van der Waals surface area contributed by atoms with E-state index in [1.54, 1.807) is 6.92 Å². The van der Waals surface area contributed by atoms with Crippen molar-refractivity contribution in [2.45, 2.75) is 32.5 Å². The molecule has 1 N–H and O–H groups in total. The zero-order valence-electron chi connectivity index (χ0n) is 7.97. The van der Waals surface area contributed by atoms with Crippen LogP contribution >= 0.6 is 0 Å². The summed E-state index contributed by atoms with van der Waals surface area (Å²) >= 11 is 0. The predicted molar refractivity (Wildman–Crippen MR) is 52.9 cm³/mol. The van der Waals surface area contributed by atoms with Gasteiger partial charge in [0.2, 0.25) is 0 Å². The molecule has 1 heterocycles. The highest BCUT2D eigenvalue weighted by atomic mass is 19.1. The van der Waals surface area contributed by atoms with Gasteiger partial charge in [-0.25, -0.2) is 4.39 Å². The van der Waals surface area contributed by atoms with Crippen LogP contribution in [0.5, 0.6) is 0 Å². The van der Waals surface area contributed by atoms with E-state index in [4.69, 9.17) is 0 Å². The molecule has 0 saturated heterocycles. The Morgan fingerprint density at radius 1 is 1.54 bits per heavy atom. The lowest BCUT2D eigenvalue weighted by molar-refractivity contribution is 0.322. The SMILES string of the molecule is Cc1cccc2c1NC(C(C)F)C2. The van der Waals surface area contributed by atoms with Gasteiger partial charge in [-0.1, -0.05) is 18.2 Å². The topological polar surface area (TPSA) is 12.0 Å². The van der Waals surface area contributed by atoms with Gasteiger partial charge in [0.25, 0.3) is 0 Å². The standard InChI is InChI=1S/C11H14FN/c1-7-4-3-5-9-6-10(8(2)12)13-11(7)9/h3-5,8,10,13H,6H2,1-2H3. The third-order valence-electron chi connectivity index (χ3n) is 2.68. The van der Waals surface area contributed by atoms with E-state index in [-0.39, 0.29) is 6.04 Å². The van der Waals surface area contributed by atoms with E-state index in [1.165, 1.54) is 11.1 Å². The van der Waals surface area contributed by atoms with Gasteiger partial charge in [0.15, 0.2) is 0 Å². The van der Waals surface area contributed by atoms with Crippen LogP contribution in [0.2, 0.25) is 0 Å². The minimum absolute atomic E-state index is 0.0314. The highest BCUT2D eigenvalue weighted by molar-refractivity contribution is 5.62. The normalized spacial score (nSPS) is 22.2. The fraction of sp³-hybridized carbons (Fsp3) is 0.455. The lowest BCUT2D eigenvalue weighted by atomic mass is 10.1. The summed E-state index contributed by atoms with van der Waals surface area (Å²) in [5, 5.41) is 3.23. The van der Waals surface area contributed by atoms with Crippen molar-refractivity contribution in [2.24, 2.45) is 0 Å². The minimum atomic E-state index is -0.785. The van der Waals surface area contributed by atoms with Gasteiger partial charge in [0, 0.05) is 5.69 Å². The van der Waals surface area contributed by atoms with Gasteiger partial charge in [-0.3, -0.25) is 0 Å². The average molecular weight is 179 g/mol. The summed E-state index contributed by atoms with van der Waals surface area (Å²) in [6, 6.07) is 6.12. The number of anilines is 1. The van der Waals surface area contributed by atoms with Gasteiger partial charge in [0.05, 0.1) is 6.04 Å². The second-order valence-corrected chi connectivity index (χ2v) is 3.74. The molecule has 1 aromatic rings. The Kier molecular flexibility index (Phi) is 1.98. The number of para-hydroxylation sites is 1. The first kappa shape index (κ1) is 8.54. The number of aryl methyl sites for hydroxylation is 1. The van der Waals surface area contributed by atoms with Crippen LogP contribution in [0.25, 0.3) is 0 Å². The van der Waals surface area contributed by atoms with E-state index < -0.39 is 6.17 Å². The second kappa shape index (κ2) is 3.02. The number of halogens is 1. The summed E-state index contributed by atoms with van der Waals surface area (Å²) in [5.74, 6) is 0. The Morgan fingerprint density at radius 2 is 2.31 bits per heavy atom. The van der Waals surface area contributed by atoms with Crippen molar-refractivity contribution in [3.8, 4) is 0 Å². The zero-order valence-corrected chi connectivity index (χ0v) is 7.97. The molecule has 0 spiro atoms. The summed E-state index contributed by atoms with van der Waals surface area (Å²) in [6.07, 6.45) is 0.0288. The summed E-state index contributed by atoms with van der Waals surface area (Å²) in [5.41, 5.74) is 3.59. The van der Waals surface area contributed by atoms with Crippen LogP contribution in [0, 0.1) is 6.92 Å². The predicted octanol–water partition coefficient (Wildman–Crippen LogP) is 2.69. The zero-order chi connectivity index (χ0) is 9.42. The fourth-order valence-corrected chi connectivity index (χ4v) is 1.86. The smallest absolute Gasteiger partial charge is 0.118 e. The first-order valence-corrected chi connectivity index (χ1v) is 4.67. The fourth-order valence-electron chi connectivity index (χ4n) is 1.86. The van der Waals surface area contributed by atoms with E-state index in [0.717, 1.165) is 12.1 Å². The lowest BCUT2D eigenvalue weighted by Gasteiger charge is -2.12. The van der Waals surface area contributed by atoms with Crippen LogP contribution in [0.4, 0.5) is 10.1 Å². The molecule has 0 amide bonds. The maximum Gasteiger partial charge on any atom is 0.118 e. The molecule has 70 valence electrons. The molecule has 1 aromatic carbocycles. The Hall–Kier alpha value is -1.05. The van der Waals surface area contributed by atoms with Crippen molar-refractivity contribution in [3.63, 3.8) is 0 Å². The Balaban J connectivity index is 2.30. The molecular formula is C11H14FN. The highest BCUT2D eigenvalue weighted by Gasteiger charge is 2.25. The van der Waals surface area contributed by atoms with Crippen LogP contribution in [0.3, 0.4) is 0 Å². The van der Waals surface area contributed by atoms with E-state index >= 15 is 0 Å². The number of rotatable bonds is 1. The van der Waals surface area contributed by atoms with Gasteiger partial charge in [-0.05, 0) is 31.4 Å². The van der Waals surface area contributed by atoms with E-state index in [0.29, 0.717) is 0 Å². The molecule has 1 aliphatic rings. The van der Waals surface area contributed by atoms with Crippen LogP contribution in [0.15, 0.2) is 18.2 Å². The second-order valence-electron chi connectivity index (χ2n) is 3.74. The maximum absolute atomic E-state index is 13.0. The molecule has 13 heavy (non-hydrogen) atoms. The Labute approximate surface area is 78.0 Å². The van der Waals surface area contributed by atoms with Crippen LogP contribution in [-0.2, 0) is 6.42 Å². The number of hydrogen-bond donors (Lipinski definition) is 1. The largest absolute Gasteiger partial charge is 0.379 e. The van der Waals surface area contributed by atoms with Gasteiger partial charge in [0.1, 0.15) is 6.17 Å². The van der Waals surface area contributed by atoms with Crippen LogP contribution < -0.4 is 5.32 Å². The van der Waals surface area contributed by atoms with Crippen molar-refractivity contribution in [1.29, 1.82) is 0 Å². The number of alkyl halides is 1. The molecular weight excluding hydrogens is 165 g/mol. The molecule has 2 atom stereocenters. The summed E-state index contributed by atoms with van der Waals surface area (Å²) in [4.78, 5) is 0. The first-order chi connectivity index (χ1) is 6.18. The van der Waals surface area contributed by atoms with Gasteiger partial charge >= 0.3 is 0 Å². The number of fused-ring (bicyclic) bond motifs is 1. The van der Waals surface area contributed by atoms with Crippen molar-refractivity contribution in [2.75, 3.05) is 5.32 Å². The molecule has 2 heteroatoms. The maximum atomic E-state index is 13.0. The molecule has 2 unspecified atom stereocenters. The van der Waals surface area contributed by atoms with Gasteiger partial charge in [-0.2, -0.15) is 0 Å². The number of nitrogens with one attached hydrogen (secondary N) is 1. The van der Waals surface area contributed by atoms with Crippen molar-refractivity contribution < 1.29 is 4.39 Å². The molecule has 2 rings (SSSR count). The molecule has 1 nitrogen and oxygen atoms in total. The van der Waals surface area contributed by atoms with Crippen molar-refractivity contribution in [3.05, 3.63) is 29.3 Å². The van der Waals surface area contributed by atoms with Gasteiger partial charge in [-0.15, -0.1) is 0 Å². The summed E-state index contributed by atoms with van der Waals surface area (Å²) < 4.78 is 13.0. The first-order valence-electron chi connectivity index (χ1n) is 4.67. The molecule has 0 saturated carbocycles. The molecule has 0 fully saturated rings. The van der Waals surface area contributed by atoms with Crippen LogP contribution in [-0.4, -0.2) is 12.2 Å². The molecule has 0 bridgehead atoms. The Morgan fingerprint density at radius 3 is 2.92 bits per heavy atom. The number of hydrogen-bond acceptors (Lipinski definition) is 1. The molecule has 0 aliphatic carbocycles. The highest BCUT2D eigenvalue weighted by Crippen LogP contribution is 2.30. The van der Waals surface area contributed by atoms with E-state index in [2.05, 4.69) is 24.4 Å². The number of benzene rings is 1. The third-order valence-corrected chi connectivity index (χ3v) is 2.68. The summed E-state index contributed by atoms with van der Waals surface area (Å²) in [7, 11) is 0. The van der Waals surface area contributed by atoms with Crippen molar-refractivity contribution >= 4 is 5.69 Å². The molecule has 1 aliphatic heterocycles. The Bertz CT molecular complexity index is 320. The van der Waals surface area contributed by atoms with E-state index in [9.17, 15) is 4.39 Å². The van der Waals surface area contributed by atoms with Gasteiger partial charge < -0.3 is 5.32 Å². The quantitative estimate of drug-likeness (QED) is 0.699. The average Bonchev–Trinajstić information content (AvgIpc) is 2.49. The monoisotopic (exact) mass is 179 g/mol. The minimum Gasteiger partial charge on any atom is -0.379 e. The van der Waals surface area contributed by atoms with Crippen LogP contribution in [0.1, 0.15) is 18.1 Å². The van der Waals surface area contributed by atoms with Crippen molar-refractivity contribution in [1.82, 2.24) is 0 Å². The molecule has 0 aromatic heterocycles. The lowest BCUT2D eigenvalue weighted by Crippen LogP contribution is -2.25.